The van der Waals surface area contributed by atoms with Gasteiger partial charge in [-0.15, -0.1) is 0 Å². The molecule has 0 saturated heterocycles. The van der Waals surface area contributed by atoms with Crippen LogP contribution in [0.1, 0.15) is 53.0 Å². The van der Waals surface area contributed by atoms with Crippen molar-refractivity contribution >= 4 is 29.3 Å². The molecule has 0 aliphatic heterocycles. The number of Topliss-reactive ketones (excluding diaryl/α,β-unsaturated/α-hetero) is 3. The number of carbonyl (C=O) groups is 4. The zero-order chi connectivity index (χ0) is 18.4. The Bertz CT molecular complexity index is 731. The van der Waals surface area contributed by atoms with Gasteiger partial charge in [-0.25, -0.2) is 0 Å². The minimum absolute atomic E-state index is 0.0209. The second kappa shape index (κ2) is 8.15. The van der Waals surface area contributed by atoms with Crippen molar-refractivity contribution in [1.29, 1.82) is 0 Å². The molecule has 1 atom stereocenters. The Balaban J connectivity index is 3.27. The molecule has 1 unspecified atom stereocenters. The highest BCUT2D eigenvalue weighted by Crippen LogP contribution is 2.24. The maximum Gasteiger partial charge on any atom is 0.225 e. The van der Waals surface area contributed by atoms with Gasteiger partial charge in [-0.1, -0.05) is 37.4 Å². The van der Waals surface area contributed by atoms with Crippen molar-refractivity contribution in [1.82, 2.24) is 0 Å². The first kappa shape index (κ1) is 19.2. The average Bonchev–Trinajstić information content (AvgIpc) is 2.52. The summed E-state index contributed by atoms with van der Waals surface area (Å²) in [6, 6.07) is 4.80. The summed E-state index contributed by atoms with van der Waals surface area (Å²) in [6.07, 6.45) is 1.72. The van der Waals surface area contributed by atoms with Gasteiger partial charge >= 0.3 is 0 Å². The van der Waals surface area contributed by atoms with Gasteiger partial charge in [0.05, 0.1) is 5.92 Å². The number of ketones is 3. The molecule has 0 saturated carbocycles. The molecule has 0 aromatic heterocycles. The Morgan fingerprint density at radius 3 is 2.29 bits per heavy atom. The van der Waals surface area contributed by atoms with Crippen molar-refractivity contribution in [3.8, 4) is 0 Å². The maximum atomic E-state index is 12.7. The minimum Gasteiger partial charge on any atom is -0.369 e. The Labute approximate surface area is 141 Å². The second-order valence-electron chi connectivity index (χ2n) is 5.58. The van der Waals surface area contributed by atoms with Crippen molar-refractivity contribution in [2.45, 2.75) is 26.7 Å². The van der Waals surface area contributed by atoms with E-state index in [1.165, 1.54) is 26.0 Å². The molecule has 0 heterocycles. The lowest BCUT2D eigenvalue weighted by molar-refractivity contribution is -0.121. The second-order valence-corrected chi connectivity index (χ2v) is 5.58. The lowest BCUT2D eigenvalue weighted by atomic mass is 9.85. The molecule has 0 aliphatic rings. The Kier molecular flexibility index (Phi) is 6.53. The zero-order valence-corrected chi connectivity index (χ0v) is 13.9. The van der Waals surface area contributed by atoms with Crippen LogP contribution in [-0.2, 0) is 9.59 Å². The molecule has 5 nitrogen and oxygen atoms in total. The number of benzene rings is 1. The molecule has 0 spiro atoms. The summed E-state index contributed by atoms with van der Waals surface area (Å²) in [5.74, 6) is -2.61. The first-order valence-electron chi connectivity index (χ1n) is 7.49. The van der Waals surface area contributed by atoms with E-state index in [1.807, 2.05) is 0 Å². The topological polar surface area (TPSA) is 94.3 Å². The SMILES string of the molecule is C=Cc1cccc(C(=O)C(=C)C(CCC(C)=O)C(N)=O)c1C(C)=O. The number of amides is 1. The van der Waals surface area contributed by atoms with Gasteiger partial charge in [0.1, 0.15) is 5.78 Å². The Morgan fingerprint density at radius 1 is 1.21 bits per heavy atom. The first-order valence-corrected chi connectivity index (χ1v) is 7.49. The van der Waals surface area contributed by atoms with Crippen molar-refractivity contribution < 1.29 is 19.2 Å². The van der Waals surface area contributed by atoms with Gasteiger partial charge in [0.2, 0.25) is 5.91 Å². The lowest BCUT2D eigenvalue weighted by Gasteiger charge is -2.17. The molecule has 0 aliphatic carbocycles. The summed E-state index contributed by atoms with van der Waals surface area (Å²) in [6.45, 7) is 10.1. The average molecular weight is 327 g/mol. The maximum absolute atomic E-state index is 12.7. The van der Waals surface area contributed by atoms with E-state index in [2.05, 4.69) is 13.2 Å². The van der Waals surface area contributed by atoms with Crippen LogP contribution in [0.5, 0.6) is 0 Å². The van der Waals surface area contributed by atoms with E-state index in [0.717, 1.165) is 0 Å². The number of rotatable bonds is 9. The molecule has 126 valence electrons. The van der Waals surface area contributed by atoms with Crippen LogP contribution in [0.15, 0.2) is 36.9 Å². The molecule has 0 fully saturated rings. The highest BCUT2D eigenvalue weighted by atomic mass is 16.2. The normalized spacial score (nSPS) is 11.4. The summed E-state index contributed by atoms with van der Waals surface area (Å²) in [4.78, 5) is 47.5. The van der Waals surface area contributed by atoms with Crippen molar-refractivity contribution in [2.75, 3.05) is 0 Å². The first-order chi connectivity index (χ1) is 11.2. The molecule has 0 bridgehead atoms. The zero-order valence-electron chi connectivity index (χ0n) is 13.9. The van der Waals surface area contributed by atoms with Crippen LogP contribution < -0.4 is 5.73 Å². The fourth-order valence-corrected chi connectivity index (χ4v) is 2.49. The van der Waals surface area contributed by atoms with Gasteiger partial charge in [-0.3, -0.25) is 14.4 Å². The predicted molar refractivity (Wildman–Crippen MR) is 92.6 cm³/mol. The van der Waals surface area contributed by atoms with E-state index in [-0.39, 0.29) is 41.1 Å². The number of primary amides is 1. The monoisotopic (exact) mass is 327 g/mol. The van der Waals surface area contributed by atoms with E-state index < -0.39 is 17.6 Å². The fourth-order valence-electron chi connectivity index (χ4n) is 2.49. The van der Waals surface area contributed by atoms with E-state index in [9.17, 15) is 19.2 Å². The lowest BCUT2D eigenvalue weighted by Crippen LogP contribution is -2.28. The highest BCUT2D eigenvalue weighted by molar-refractivity contribution is 6.17. The molecular formula is C19H21NO4. The summed E-state index contributed by atoms with van der Waals surface area (Å²) in [7, 11) is 0. The van der Waals surface area contributed by atoms with Gasteiger partial charge in [0, 0.05) is 23.1 Å². The molecular weight excluding hydrogens is 306 g/mol. The van der Waals surface area contributed by atoms with Crippen LogP contribution in [-0.4, -0.2) is 23.3 Å². The van der Waals surface area contributed by atoms with Crippen LogP contribution in [0.2, 0.25) is 0 Å². The smallest absolute Gasteiger partial charge is 0.225 e. The third-order valence-electron chi connectivity index (χ3n) is 3.75. The van der Waals surface area contributed by atoms with E-state index in [1.54, 1.807) is 12.1 Å². The summed E-state index contributed by atoms with van der Waals surface area (Å²) >= 11 is 0. The Hall–Kier alpha value is -2.82. The molecule has 5 heteroatoms. The molecule has 0 radical (unpaired) electrons. The van der Waals surface area contributed by atoms with Gasteiger partial charge in [-0.2, -0.15) is 0 Å². The van der Waals surface area contributed by atoms with Crippen molar-refractivity contribution in [3.63, 3.8) is 0 Å². The van der Waals surface area contributed by atoms with Crippen LogP contribution in [0.25, 0.3) is 6.08 Å². The number of nitrogens with two attached hydrogens (primary N) is 1. The molecule has 1 aromatic rings. The molecule has 2 N–H and O–H groups in total. The van der Waals surface area contributed by atoms with Gasteiger partial charge in [0.15, 0.2) is 11.6 Å². The quantitative estimate of drug-likeness (QED) is 0.557. The molecule has 1 amide bonds. The summed E-state index contributed by atoms with van der Waals surface area (Å²) in [5.41, 5.74) is 6.24. The fraction of sp³-hybridized carbons (Fsp3) is 0.263. The third-order valence-corrected chi connectivity index (χ3v) is 3.75. The van der Waals surface area contributed by atoms with Gasteiger partial charge < -0.3 is 10.5 Å². The van der Waals surface area contributed by atoms with Gasteiger partial charge in [0.25, 0.3) is 0 Å². The van der Waals surface area contributed by atoms with Crippen LogP contribution in [0.3, 0.4) is 0 Å². The largest absolute Gasteiger partial charge is 0.369 e. The molecule has 24 heavy (non-hydrogen) atoms. The Morgan fingerprint density at radius 2 is 1.83 bits per heavy atom. The van der Waals surface area contributed by atoms with E-state index in [0.29, 0.717) is 5.56 Å². The highest BCUT2D eigenvalue weighted by Gasteiger charge is 2.27. The van der Waals surface area contributed by atoms with E-state index in [4.69, 9.17) is 5.73 Å². The van der Waals surface area contributed by atoms with Crippen molar-refractivity contribution in [3.05, 3.63) is 53.6 Å². The molecule has 1 aromatic carbocycles. The number of hydrogen-bond acceptors (Lipinski definition) is 4. The van der Waals surface area contributed by atoms with Crippen LogP contribution in [0.4, 0.5) is 0 Å². The van der Waals surface area contributed by atoms with Crippen LogP contribution in [0, 0.1) is 5.92 Å². The number of hydrogen-bond donors (Lipinski definition) is 1. The standard InChI is InChI=1S/C19H21NO4/c1-5-14-7-6-8-16(17(14)13(4)22)18(23)12(3)15(19(20)24)10-9-11(2)21/h5-8,15H,1,3,9-10H2,2,4H3,(H2,20,24). The number of carbonyl (C=O) groups excluding carboxylic acids is 4. The minimum atomic E-state index is -0.950. The van der Waals surface area contributed by atoms with E-state index >= 15 is 0 Å². The summed E-state index contributed by atoms with van der Waals surface area (Å²) < 4.78 is 0. The van der Waals surface area contributed by atoms with Crippen LogP contribution >= 0.6 is 0 Å². The van der Waals surface area contributed by atoms with Gasteiger partial charge in [-0.05, 0) is 25.8 Å². The summed E-state index contributed by atoms with van der Waals surface area (Å²) in [5, 5.41) is 0. The van der Waals surface area contributed by atoms with Crippen molar-refractivity contribution in [2.24, 2.45) is 11.7 Å². The predicted octanol–water partition coefficient (Wildman–Crippen LogP) is 2.74. The third kappa shape index (κ3) is 4.35. The molecule has 1 rings (SSSR count).